The third-order valence-electron chi connectivity index (χ3n) is 9.23. The van der Waals surface area contributed by atoms with Crippen molar-refractivity contribution in [2.75, 3.05) is 14.2 Å². The van der Waals surface area contributed by atoms with E-state index in [0.717, 1.165) is 29.4 Å². The maximum Gasteiger partial charge on any atom is 0.337 e. The fraction of sp³-hybridized carbons (Fsp3) is 0.429. The number of benzene rings is 3. The van der Waals surface area contributed by atoms with Crippen molar-refractivity contribution < 1.29 is 28.5 Å². The van der Waals surface area contributed by atoms with Crippen molar-refractivity contribution in [3.8, 4) is 11.5 Å². The lowest BCUT2D eigenvalue weighted by atomic mass is 10.0. The summed E-state index contributed by atoms with van der Waals surface area (Å²) in [5.41, 5.74) is 5.03. The Kier molecular flexibility index (Phi) is 8.93. The molecule has 1 N–H and O–H groups in total. The minimum absolute atomic E-state index is 0.0447. The first-order valence-corrected chi connectivity index (χ1v) is 18.0. The highest BCUT2D eigenvalue weighted by molar-refractivity contribution is 6.74. The number of aromatic carboxylic acids is 1. The summed E-state index contributed by atoms with van der Waals surface area (Å²) in [5.74, 6) is 0.424. The van der Waals surface area contributed by atoms with Crippen LogP contribution in [-0.4, -0.2) is 55.6 Å². The number of methoxy groups -OCH3 is 2. The van der Waals surface area contributed by atoms with Crippen molar-refractivity contribution in [1.29, 1.82) is 0 Å². The number of hydrogen-bond acceptors (Lipinski definition) is 6. The van der Waals surface area contributed by atoms with Crippen LogP contribution in [0.5, 0.6) is 11.5 Å². The third kappa shape index (κ3) is 6.41. The molecule has 0 unspecified atom stereocenters. The van der Waals surface area contributed by atoms with Crippen molar-refractivity contribution >= 4 is 25.2 Å². The van der Waals surface area contributed by atoms with Crippen molar-refractivity contribution in [3.63, 3.8) is 0 Å². The number of carboxylic acids is 1. The van der Waals surface area contributed by atoms with Crippen LogP contribution in [0.15, 0.2) is 60.8 Å². The molecule has 234 valence electrons. The molecule has 0 radical (unpaired) electrons. The van der Waals surface area contributed by atoms with Crippen LogP contribution in [0.4, 0.5) is 0 Å². The molecule has 2 atom stereocenters. The summed E-state index contributed by atoms with van der Waals surface area (Å²) >= 11 is 0. The quantitative estimate of drug-likeness (QED) is 0.176. The number of aromatic nitrogens is 2. The first-order chi connectivity index (χ1) is 20.8. The minimum atomic E-state index is -2.34. The van der Waals surface area contributed by atoms with Crippen LogP contribution in [0.25, 0.3) is 10.9 Å². The standard InChI is InChI=1S/C35H44N2O6Si/c1-22-29(40-5)18-26(19-30(22)41-6)33(43-44(7,8)35(2,3)4)31(42-27-16-23-12-9-10-13-24(23)17-27)21-37-20-25-14-11-15-28(34(38)39)32(25)36-37/h9-15,18-20,27,31,33H,16-17,21H2,1-8H3,(H,38,39)/t31-,33+/m0/s1. The van der Waals surface area contributed by atoms with E-state index in [9.17, 15) is 9.90 Å². The smallest absolute Gasteiger partial charge is 0.337 e. The van der Waals surface area contributed by atoms with E-state index < -0.39 is 26.5 Å². The zero-order valence-electron chi connectivity index (χ0n) is 27.0. The van der Waals surface area contributed by atoms with Gasteiger partial charge >= 0.3 is 5.97 Å². The van der Waals surface area contributed by atoms with Crippen LogP contribution in [0.1, 0.15) is 59.5 Å². The summed E-state index contributed by atoms with van der Waals surface area (Å²) in [7, 11) is 0.979. The van der Waals surface area contributed by atoms with Gasteiger partial charge in [0.1, 0.15) is 23.1 Å². The van der Waals surface area contributed by atoms with Crippen LogP contribution >= 0.6 is 0 Å². The largest absolute Gasteiger partial charge is 0.496 e. The van der Waals surface area contributed by atoms with Gasteiger partial charge in [-0.05, 0) is 72.8 Å². The molecular weight excluding hydrogens is 572 g/mol. The molecule has 0 bridgehead atoms. The lowest BCUT2D eigenvalue weighted by molar-refractivity contribution is -0.0787. The highest BCUT2D eigenvalue weighted by Crippen LogP contribution is 2.44. The Hall–Kier alpha value is -3.66. The van der Waals surface area contributed by atoms with Gasteiger partial charge in [0.05, 0.1) is 38.5 Å². The highest BCUT2D eigenvalue weighted by Gasteiger charge is 2.43. The Bertz CT molecular complexity index is 1610. The van der Waals surface area contributed by atoms with Gasteiger partial charge in [0.15, 0.2) is 8.32 Å². The van der Waals surface area contributed by atoms with Crippen LogP contribution < -0.4 is 9.47 Å². The van der Waals surface area contributed by atoms with E-state index >= 15 is 0 Å². The molecule has 0 aliphatic heterocycles. The summed E-state index contributed by atoms with van der Waals surface area (Å²) in [4.78, 5) is 12.0. The molecule has 0 spiro atoms. The number of fused-ring (bicyclic) bond motifs is 2. The molecule has 1 aromatic heterocycles. The molecule has 44 heavy (non-hydrogen) atoms. The Morgan fingerprint density at radius 1 is 1.02 bits per heavy atom. The van der Waals surface area contributed by atoms with Gasteiger partial charge in [0.2, 0.25) is 0 Å². The summed E-state index contributed by atoms with van der Waals surface area (Å²) in [6.07, 6.45) is 2.53. The molecule has 3 aromatic carbocycles. The number of nitrogens with zero attached hydrogens (tertiary/aromatic N) is 2. The molecule has 0 fully saturated rings. The van der Waals surface area contributed by atoms with Crippen LogP contribution in [0.2, 0.25) is 18.1 Å². The fourth-order valence-corrected chi connectivity index (χ4v) is 7.02. The van der Waals surface area contributed by atoms with E-state index in [1.54, 1.807) is 31.0 Å². The minimum Gasteiger partial charge on any atom is -0.496 e. The topological polar surface area (TPSA) is 92.0 Å². The SMILES string of the molecule is COc1cc([C@@H](O[Si](C)(C)C(C)(C)C)[C@H](Cn2cc3cccc(C(=O)O)c3n2)OC2Cc3ccccc3C2)cc(OC)c1C. The van der Waals surface area contributed by atoms with E-state index in [1.807, 2.05) is 31.3 Å². The average molecular weight is 617 g/mol. The molecule has 0 amide bonds. The average Bonchev–Trinajstić information content (AvgIpc) is 3.58. The maximum atomic E-state index is 12.0. The first-order valence-electron chi connectivity index (χ1n) is 15.1. The van der Waals surface area contributed by atoms with Gasteiger partial charge in [-0.15, -0.1) is 0 Å². The summed E-state index contributed by atoms with van der Waals surface area (Å²) in [6, 6.07) is 17.7. The van der Waals surface area contributed by atoms with E-state index in [-0.39, 0.29) is 16.7 Å². The molecule has 4 aromatic rings. The highest BCUT2D eigenvalue weighted by atomic mass is 28.4. The molecule has 1 aliphatic carbocycles. The number of ether oxygens (including phenoxy) is 3. The third-order valence-corrected chi connectivity index (χ3v) is 13.7. The second kappa shape index (κ2) is 12.4. The second-order valence-corrected chi connectivity index (χ2v) is 18.0. The monoisotopic (exact) mass is 616 g/mol. The van der Waals surface area contributed by atoms with Gasteiger partial charge in [-0.1, -0.05) is 57.2 Å². The van der Waals surface area contributed by atoms with E-state index in [1.165, 1.54) is 11.1 Å². The summed E-state index contributed by atoms with van der Waals surface area (Å²) < 4.78 is 27.7. The van der Waals surface area contributed by atoms with E-state index in [0.29, 0.717) is 23.6 Å². The Morgan fingerprint density at radius 2 is 1.64 bits per heavy atom. The number of hydrogen-bond donors (Lipinski definition) is 1. The Labute approximate surface area is 261 Å². The van der Waals surface area contributed by atoms with Crippen molar-refractivity contribution in [2.45, 2.75) is 83.5 Å². The molecule has 0 saturated carbocycles. The van der Waals surface area contributed by atoms with Crippen molar-refractivity contribution in [2.24, 2.45) is 0 Å². The Morgan fingerprint density at radius 3 is 2.18 bits per heavy atom. The fourth-order valence-electron chi connectivity index (χ4n) is 5.74. The lowest BCUT2D eigenvalue weighted by Crippen LogP contribution is -2.45. The first kappa shape index (κ1) is 31.8. The van der Waals surface area contributed by atoms with Crippen LogP contribution in [-0.2, 0) is 28.5 Å². The second-order valence-electron chi connectivity index (χ2n) is 13.2. The van der Waals surface area contributed by atoms with Crippen LogP contribution in [0.3, 0.4) is 0 Å². The zero-order valence-corrected chi connectivity index (χ0v) is 28.0. The van der Waals surface area contributed by atoms with Gasteiger partial charge < -0.3 is 23.7 Å². The van der Waals surface area contributed by atoms with Gasteiger partial charge in [-0.3, -0.25) is 4.68 Å². The van der Waals surface area contributed by atoms with Gasteiger partial charge in [-0.2, -0.15) is 5.10 Å². The predicted octanol–water partition coefficient (Wildman–Crippen LogP) is 7.38. The summed E-state index contributed by atoms with van der Waals surface area (Å²) in [6.45, 7) is 13.5. The molecule has 5 rings (SSSR count). The van der Waals surface area contributed by atoms with Gasteiger partial charge in [-0.25, -0.2) is 4.79 Å². The number of carboxylic acid groups (broad SMARTS) is 1. The zero-order chi connectivity index (χ0) is 31.8. The lowest BCUT2D eigenvalue weighted by Gasteiger charge is -2.42. The van der Waals surface area contributed by atoms with E-state index in [4.69, 9.17) is 23.7 Å². The maximum absolute atomic E-state index is 12.0. The normalized spacial score (nSPS) is 15.3. The predicted molar refractivity (Wildman–Crippen MR) is 175 cm³/mol. The van der Waals surface area contributed by atoms with Gasteiger partial charge in [0.25, 0.3) is 0 Å². The molecule has 0 saturated heterocycles. The Balaban J connectivity index is 1.62. The summed E-state index contributed by atoms with van der Waals surface area (Å²) in [5, 5.41) is 15.3. The van der Waals surface area contributed by atoms with Crippen LogP contribution in [0, 0.1) is 6.92 Å². The molecule has 8 nitrogen and oxygen atoms in total. The molecular formula is C35H44N2O6Si. The van der Waals surface area contributed by atoms with Crippen molar-refractivity contribution in [3.05, 3.63) is 88.6 Å². The van der Waals surface area contributed by atoms with E-state index in [2.05, 4.69) is 58.1 Å². The number of carbonyl (C=O) groups is 1. The van der Waals surface area contributed by atoms with Gasteiger partial charge in [0, 0.05) is 17.1 Å². The van der Waals surface area contributed by atoms with Crippen molar-refractivity contribution in [1.82, 2.24) is 9.78 Å². The molecule has 1 aliphatic rings. The molecule has 1 heterocycles. The molecule has 9 heteroatoms. The number of rotatable bonds is 11.